The van der Waals surface area contributed by atoms with E-state index in [-0.39, 0.29) is 18.7 Å². The zero-order valence-corrected chi connectivity index (χ0v) is 17.1. The van der Waals surface area contributed by atoms with Gasteiger partial charge in [0.15, 0.2) is 34.8 Å². The lowest BCUT2D eigenvalue weighted by Gasteiger charge is -2.06. The molecule has 0 aromatic heterocycles. The molecule has 8 nitrogen and oxygen atoms in total. The zero-order valence-electron chi connectivity index (χ0n) is 17.1. The van der Waals surface area contributed by atoms with Crippen LogP contribution in [0.1, 0.15) is 27.6 Å². The summed E-state index contributed by atoms with van der Waals surface area (Å²) in [6.07, 6.45) is -0.560. The Labute approximate surface area is 182 Å². The largest absolute Gasteiger partial charge is 0.491 e. The van der Waals surface area contributed by atoms with Crippen molar-refractivity contribution in [2.75, 3.05) is 20.8 Å². The van der Waals surface area contributed by atoms with Crippen LogP contribution >= 0.6 is 0 Å². The third-order valence-electron chi connectivity index (χ3n) is 3.37. The fourth-order valence-corrected chi connectivity index (χ4v) is 1.83. The Balaban J connectivity index is 0.000000517. The number of hydrogen-bond acceptors (Lipinski definition) is 6. The van der Waals surface area contributed by atoms with E-state index >= 15 is 0 Å². The average molecular weight is 488 g/mol. The maximum atomic E-state index is 13.1. The molecule has 0 saturated carbocycles. The second kappa shape index (κ2) is 13.1. The van der Waals surface area contributed by atoms with Crippen molar-refractivity contribution in [2.45, 2.75) is 13.0 Å². The number of halogens is 6. The Morgan fingerprint density at radius 3 is 1.24 bits per heavy atom. The number of carboxylic acid groups (broad SMARTS) is 2. The van der Waals surface area contributed by atoms with Crippen LogP contribution in [0.2, 0.25) is 0 Å². The summed E-state index contributed by atoms with van der Waals surface area (Å²) >= 11 is 0. The minimum Gasteiger partial charge on any atom is -0.491 e. The van der Waals surface area contributed by atoms with E-state index < -0.39 is 75.6 Å². The molecule has 0 radical (unpaired) electrons. The van der Waals surface area contributed by atoms with Crippen LogP contribution in [0.25, 0.3) is 0 Å². The molecule has 0 spiro atoms. The van der Waals surface area contributed by atoms with E-state index in [9.17, 15) is 35.9 Å². The summed E-state index contributed by atoms with van der Waals surface area (Å²) in [4.78, 5) is 20.7. The average Bonchev–Trinajstić information content (AvgIpc) is 2.74. The topological polar surface area (TPSA) is 134 Å². The van der Waals surface area contributed by atoms with Crippen LogP contribution in [0.5, 0.6) is 11.5 Å². The SMILES string of the molecule is CC(O)CO.COc1c(F)c(F)cc(C(=O)O)c1F.COc1c(F)c(F)cc(C(=O)O)c1F. The van der Waals surface area contributed by atoms with Crippen molar-refractivity contribution in [1.29, 1.82) is 0 Å². The number of hydrogen-bond donors (Lipinski definition) is 4. The fraction of sp³-hybridized carbons (Fsp3) is 0.263. The van der Waals surface area contributed by atoms with Crippen molar-refractivity contribution >= 4 is 11.9 Å². The predicted octanol–water partition coefficient (Wildman–Crippen LogP) is 2.98. The molecule has 0 aliphatic rings. The van der Waals surface area contributed by atoms with Crippen molar-refractivity contribution in [2.24, 2.45) is 0 Å². The molecule has 0 amide bonds. The molecule has 1 unspecified atom stereocenters. The van der Waals surface area contributed by atoms with Crippen LogP contribution in [-0.2, 0) is 0 Å². The number of aliphatic hydroxyl groups is 2. The molecule has 33 heavy (non-hydrogen) atoms. The second-order valence-corrected chi connectivity index (χ2v) is 5.78. The lowest BCUT2D eigenvalue weighted by atomic mass is 10.2. The number of rotatable bonds is 5. The summed E-state index contributed by atoms with van der Waals surface area (Å²) in [5, 5.41) is 32.8. The Morgan fingerprint density at radius 1 is 0.788 bits per heavy atom. The van der Waals surface area contributed by atoms with E-state index in [0.29, 0.717) is 0 Å². The third-order valence-corrected chi connectivity index (χ3v) is 3.37. The van der Waals surface area contributed by atoms with Crippen molar-refractivity contribution in [1.82, 2.24) is 0 Å². The molecular formula is C19H18F6O8. The van der Waals surface area contributed by atoms with Crippen LogP contribution < -0.4 is 9.47 Å². The lowest BCUT2D eigenvalue weighted by molar-refractivity contribution is 0.0679. The summed E-state index contributed by atoms with van der Waals surface area (Å²) in [5.74, 6) is -14.4. The number of methoxy groups -OCH3 is 2. The van der Waals surface area contributed by atoms with Crippen molar-refractivity contribution in [3.63, 3.8) is 0 Å². The first kappa shape index (κ1) is 29.5. The molecule has 0 bridgehead atoms. The van der Waals surface area contributed by atoms with Gasteiger partial charge in [-0.15, -0.1) is 0 Å². The first-order chi connectivity index (χ1) is 15.2. The van der Waals surface area contributed by atoms with E-state index in [2.05, 4.69) is 9.47 Å². The summed E-state index contributed by atoms with van der Waals surface area (Å²) in [5.41, 5.74) is -1.94. The van der Waals surface area contributed by atoms with Crippen LogP contribution in [-0.4, -0.2) is 59.3 Å². The fourth-order valence-electron chi connectivity index (χ4n) is 1.83. The number of carboxylic acids is 2. The Bertz CT molecular complexity index is 922. The quantitative estimate of drug-likeness (QED) is 0.373. The minimum absolute atomic E-state index is 0.139. The molecule has 0 heterocycles. The highest BCUT2D eigenvalue weighted by Crippen LogP contribution is 2.27. The predicted molar refractivity (Wildman–Crippen MR) is 98.4 cm³/mol. The maximum absolute atomic E-state index is 13.1. The van der Waals surface area contributed by atoms with Gasteiger partial charge in [-0.25, -0.2) is 27.2 Å². The van der Waals surface area contributed by atoms with Gasteiger partial charge in [-0.05, 0) is 19.1 Å². The van der Waals surface area contributed by atoms with Crippen molar-refractivity contribution < 1.29 is 65.8 Å². The molecule has 0 fully saturated rings. The molecule has 0 saturated heterocycles. The van der Waals surface area contributed by atoms with Crippen LogP contribution in [0.4, 0.5) is 26.3 Å². The normalized spacial score (nSPS) is 10.8. The van der Waals surface area contributed by atoms with Gasteiger partial charge in [-0.2, -0.15) is 8.78 Å². The first-order valence-corrected chi connectivity index (χ1v) is 8.43. The highest BCUT2D eigenvalue weighted by atomic mass is 19.2. The van der Waals surface area contributed by atoms with E-state index in [4.69, 9.17) is 20.4 Å². The van der Waals surface area contributed by atoms with Crippen molar-refractivity contribution in [3.05, 3.63) is 58.2 Å². The van der Waals surface area contributed by atoms with Gasteiger partial charge in [0.2, 0.25) is 11.6 Å². The first-order valence-electron chi connectivity index (χ1n) is 8.43. The molecule has 0 aliphatic carbocycles. The zero-order chi connectivity index (χ0) is 26.0. The molecule has 184 valence electrons. The standard InChI is InChI=1S/2C8H5F3O3.C3H8O2/c2*1-14-7-5(10)3(8(12)13)2-4(9)6(7)11;1-3(5)2-4/h2*2H,1H3,(H,12,13);3-5H,2H2,1H3. The molecule has 0 aliphatic heterocycles. The highest BCUT2D eigenvalue weighted by Gasteiger charge is 2.24. The van der Waals surface area contributed by atoms with Crippen LogP contribution in [0.3, 0.4) is 0 Å². The van der Waals surface area contributed by atoms with Gasteiger partial charge in [0.25, 0.3) is 0 Å². The van der Waals surface area contributed by atoms with Gasteiger partial charge in [0.1, 0.15) is 11.1 Å². The molecule has 4 N–H and O–H groups in total. The summed E-state index contributed by atoms with van der Waals surface area (Å²) in [7, 11) is 1.82. The summed E-state index contributed by atoms with van der Waals surface area (Å²) in [6, 6.07) is 0.519. The number of aliphatic hydroxyl groups excluding tert-OH is 2. The van der Waals surface area contributed by atoms with Crippen LogP contribution in [0.15, 0.2) is 12.1 Å². The van der Waals surface area contributed by atoms with Gasteiger partial charge in [-0.3, -0.25) is 0 Å². The van der Waals surface area contributed by atoms with Gasteiger partial charge in [-0.1, -0.05) is 0 Å². The Kier molecular flexibility index (Phi) is 11.7. The van der Waals surface area contributed by atoms with Gasteiger partial charge in [0.05, 0.1) is 26.9 Å². The third kappa shape index (κ3) is 7.84. The number of benzene rings is 2. The number of carbonyl (C=O) groups is 2. The van der Waals surface area contributed by atoms with E-state index in [1.54, 1.807) is 0 Å². The monoisotopic (exact) mass is 488 g/mol. The minimum atomic E-state index is -1.69. The molecule has 14 heteroatoms. The molecule has 2 aromatic carbocycles. The van der Waals surface area contributed by atoms with E-state index in [0.717, 1.165) is 14.2 Å². The molecular weight excluding hydrogens is 470 g/mol. The number of aromatic carboxylic acids is 2. The summed E-state index contributed by atoms with van der Waals surface area (Å²) < 4.78 is 85.4. The second-order valence-electron chi connectivity index (χ2n) is 5.78. The Morgan fingerprint density at radius 2 is 1.06 bits per heavy atom. The lowest BCUT2D eigenvalue weighted by Crippen LogP contribution is -2.06. The Hall–Kier alpha value is -3.52. The van der Waals surface area contributed by atoms with Gasteiger partial charge in [0, 0.05) is 0 Å². The van der Waals surface area contributed by atoms with Gasteiger partial charge >= 0.3 is 11.9 Å². The van der Waals surface area contributed by atoms with Crippen molar-refractivity contribution in [3.8, 4) is 11.5 Å². The molecule has 2 rings (SSSR count). The maximum Gasteiger partial charge on any atom is 0.338 e. The number of ether oxygens (including phenoxy) is 2. The smallest absolute Gasteiger partial charge is 0.338 e. The highest BCUT2D eigenvalue weighted by molar-refractivity contribution is 5.89. The van der Waals surface area contributed by atoms with Crippen LogP contribution in [0, 0.1) is 34.9 Å². The van der Waals surface area contributed by atoms with E-state index in [1.807, 2.05) is 0 Å². The molecule has 2 aromatic rings. The molecule has 1 atom stereocenters. The summed E-state index contributed by atoms with van der Waals surface area (Å²) in [6.45, 7) is 1.39. The van der Waals surface area contributed by atoms with E-state index in [1.165, 1.54) is 6.92 Å². The van der Waals surface area contributed by atoms with Gasteiger partial charge < -0.3 is 29.9 Å².